The van der Waals surface area contributed by atoms with Gasteiger partial charge >= 0.3 is 17.9 Å². The molecule has 0 radical (unpaired) electrons. The maximum atomic E-state index is 13.6. The number of aliphatic carboxylic acids is 1. The van der Waals surface area contributed by atoms with Gasteiger partial charge in [-0.05, 0) is 19.4 Å². The van der Waals surface area contributed by atoms with Gasteiger partial charge < -0.3 is 9.84 Å². The molecule has 0 spiro atoms. The first-order valence-electron chi connectivity index (χ1n) is 4.91. The van der Waals surface area contributed by atoms with Crippen LogP contribution in [0.5, 0.6) is 0 Å². The lowest BCUT2D eigenvalue weighted by Gasteiger charge is -2.32. The lowest BCUT2D eigenvalue weighted by Crippen LogP contribution is -2.53. The maximum absolute atomic E-state index is 13.6. The summed E-state index contributed by atoms with van der Waals surface area (Å²) in [5.74, 6) is -7.51. The Balaban J connectivity index is 3.07. The van der Waals surface area contributed by atoms with Crippen LogP contribution in [0.3, 0.4) is 0 Å². The van der Waals surface area contributed by atoms with Gasteiger partial charge in [0.2, 0.25) is 5.60 Å². The first-order valence-corrected chi connectivity index (χ1v) is 4.91. The van der Waals surface area contributed by atoms with E-state index in [4.69, 9.17) is 5.11 Å². The van der Waals surface area contributed by atoms with Crippen LogP contribution in [-0.4, -0.2) is 28.6 Å². The number of halogens is 2. The molecule has 0 aromatic heterocycles. The summed E-state index contributed by atoms with van der Waals surface area (Å²) >= 11 is 0. The van der Waals surface area contributed by atoms with Crippen molar-refractivity contribution in [3.63, 3.8) is 0 Å². The lowest BCUT2D eigenvalue weighted by atomic mass is 9.94. The van der Waals surface area contributed by atoms with Crippen LogP contribution in [-0.2, 0) is 14.3 Å². The fraction of sp³-hybridized carbons (Fsp3) is 0.455. The third kappa shape index (κ3) is 2.20. The Labute approximate surface area is 96.6 Å². The predicted octanol–water partition coefficient (Wildman–Crippen LogP) is 1.91. The number of carboxylic acids is 1. The largest absolute Gasteiger partial charge is 0.477 e. The number of ether oxygens (including phenoxy) is 1. The van der Waals surface area contributed by atoms with E-state index in [9.17, 15) is 18.4 Å². The minimum atomic E-state index is -4.16. The summed E-state index contributed by atoms with van der Waals surface area (Å²) in [6, 6.07) is 0. The molecule has 1 aliphatic rings. The van der Waals surface area contributed by atoms with Crippen molar-refractivity contribution in [3.05, 3.63) is 24.3 Å². The number of hydrogen-bond acceptors (Lipinski definition) is 3. The van der Waals surface area contributed by atoms with Crippen LogP contribution >= 0.6 is 0 Å². The summed E-state index contributed by atoms with van der Waals surface area (Å²) in [6.45, 7) is 4.56. The number of rotatable bonds is 4. The zero-order chi connectivity index (χ0) is 13.3. The summed E-state index contributed by atoms with van der Waals surface area (Å²) in [7, 11) is 0. The van der Waals surface area contributed by atoms with Gasteiger partial charge in [0.1, 0.15) is 0 Å². The third-order valence-electron chi connectivity index (χ3n) is 2.49. The Hall–Kier alpha value is -1.72. The molecule has 1 aliphatic carbocycles. The molecule has 1 atom stereocenters. The zero-order valence-corrected chi connectivity index (χ0v) is 9.20. The monoisotopic (exact) mass is 246 g/mol. The molecule has 4 nitrogen and oxygen atoms in total. The first-order chi connectivity index (χ1) is 7.73. The van der Waals surface area contributed by atoms with E-state index in [-0.39, 0.29) is 18.4 Å². The molecule has 0 aromatic carbocycles. The first kappa shape index (κ1) is 13.3. The van der Waals surface area contributed by atoms with Gasteiger partial charge in [-0.1, -0.05) is 12.7 Å². The number of esters is 1. The fourth-order valence-electron chi connectivity index (χ4n) is 1.50. The molecule has 6 heteroatoms. The zero-order valence-electron chi connectivity index (χ0n) is 9.20. The highest BCUT2D eigenvalue weighted by molar-refractivity contribution is 5.88. The molecule has 0 fully saturated rings. The molecule has 1 unspecified atom stereocenters. The molecule has 0 amide bonds. The minimum absolute atomic E-state index is 0.0640. The average Bonchev–Trinajstić information content (AvgIpc) is 2.67. The molecule has 0 bridgehead atoms. The highest BCUT2D eigenvalue weighted by atomic mass is 19.3. The van der Waals surface area contributed by atoms with Gasteiger partial charge in [0.25, 0.3) is 0 Å². The Morgan fingerprint density at radius 1 is 1.53 bits per heavy atom. The second-order valence-electron chi connectivity index (χ2n) is 3.88. The van der Waals surface area contributed by atoms with Crippen LogP contribution in [0.2, 0.25) is 0 Å². The van der Waals surface area contributed by atoms with Crippen LogP contribution in [0.1, 0.15) is 19.8 Å². The molecule has 1 N–H and O–H groups in total. The molecule has 17 heavy (non-hydrogen) atoms. The number of carbonyl (C=O) groups excluding carboxylic acids is 1. The van der Waals surface area contributed by atoms with Gasteiger partial charge in [-0.25, -0.2) is 9.59 Å². The van der Waals surface area contributed by atoms with E-state index in [1.54, 1.807) is 0 Å². The van der Waals surface area contributed by atoms with E-state index in [0.29, 0.717) is 0 Å². The van der Waals surface area contributed by atoms with Crippen molar-refractivity contribution in [2.45, 2.75) is 31.3 Å². The maximum Gasteiger partial charge on any atom is 0.384 e. The molecule has 1 rings (SSSR count). The van der Waals surface area contributed by atoms with Gasteiger partial charge in [-0.3, -0.25) is 0 Å². The molecule has 0 saturated carbocycles. The van der Waals surface area contributed by atoms with E-state index in [0.717, 1.165) is 6.08 Å². The second kappa shape index (κ2) is 4.27. The predicted molar refractivity (Wildman–Crippen MR) is 54.6 cm³/mol. The topological polar surface area (TPSA) is 63.6 Å². The van der Waals surface area contributed by atoms with Crippen molar-refractivity contribution in [1.82, 2.24) is 0 Å². The smallest absolute Gasteiger partial charge is 0.384 e. The highest BCUT2D eigenvalue weighted by Gasteiger charge is 2.62. The summed E-state index contributed by atoms with van der Waals surface area (Å²) in [4.78, 5) is 21.9. The normalized spacial score (nSPS) is 23.5. The van der Waals surface area contributed by atoms with Gasteiger partial charge in [-0.2, -0.15) is 8.78 Å². The molecule has 0 aliphatic heterocycles. The van der Waals surface area contributed by atoms with E-state index in [1.807, 2.05) is 0 Å². The standard InChI is InChI=1S/C11H12F2O4/c1-7(2)8(14)17-10(5-3-4-6-10)11(12,13)9(15)16/h3,5H,1,4,6H2,2H3,(H,15,16). The van der Waals surface area contributed by atoms with E-state index in [2.05, 4.69) is 11.3 Å². The lowest BCUT2D eigenvalue weighted by molar-refractivity contribution is -0.208. The summed E-state index contributed by atoms with van der Waals surface area (Å²) in [6.07, 6.45) is 2.27. The fourth-order valence-corrected chi connectivity index (χ4v) is 1.50. The van der Waals surface area contributed by atoms with Gasteiger partial charge in [0.05, 0.1) is 0 Å². The van der Waals surface area contributed by atoms with E-state index < -0.39 is 23.5 Å². The van der Waals surface area contributed by atoms with Gasteiger partial charge in [0, 0.05) is 12.0 Å². The Bertz CT molecular complexity index is 400. The molecule has 0 saturated heterocycles. The molecular formula is C11H12F2O4. The number of carboxylic acid groups (broad SMARTS) is 1. The summed E-state index contributed by atoms with van der Waals surface area (Å²) < 4.78 is 31.8. The van der Waals surface area contributed by atoms with Crippen LogP contribution in [0.15, 0.2) is 24.3 Å². The minimum Gasteiger partial charge on any atom is -0.477 e. The van der Waals surface area contributed by atoms with Gasteiger partial charge in [0.15, 0.2) is 0 Å². The SMILES string of the molecule is C=C(C)C(=O)OC1(C(F)(F)C(=O)O)C=CCC1. The summed E-state index contributed by atoms with van der Waals surface area (Å²) in [5, 5.41) is 8.52. The second-order valence-corrected chi connectivity index (χ2v) is 3.88. The van der Waals surface area contributed by atoms with Crippen molar-refractivity contribution in [3.8, 4) is 0 Å². The van der Waals surface area contributed by atoms with Crippen molar-refractivity contribution in [2.24, 2.45) is 0 Å². The van der Waals surface area contributed by atoms with E-state index >= 15 is 0 Å². The molecule has 0 aromatic rings. The number of allylic oxidation sites excluding steroid dienone is 1. The molecular weight excluding hydrogens is 234 g/mol. The number of alkyl halides is 2. The van der Waals surface area contributed by atoms with Crippen LogP contribution in [0.25, 0.3) is 0 Å². The number of carbonyl (C=O) groups is 2. The highest BCUT2D eigenvalue weighted by Crippen LogP contribution is 2.41. The Kier molecular flexibility index (Phi) is 3.35. The Morgan fingerprint density at radius 2 is 2.12 bits per heavy atom. The van der Waals surface area contributed by atoms with Crippen molar-refractivity contribution in [1.29, 1.82) is 0 Å². The van der Waals surface area contributed by atoms with Crippen LogP contribution in [0.4, 0.5) is 8.78 Å². The van der Waals surface area contributed by atoms with Crippen molar-refractivity contribution < 1.29 is 28.2 Å². The van der Waals surface area contributed by atoms with Crippen LogP contribution < -0.4 is 0 Å². The molecule has 94 valence electrons. The van der Waals surface area contributed by atoms with E-state index in [1.165, 1.54) is 13.0 Å². The third-order valence-corrected chi connectivity index (χ3v) is 2.49. The average molecular weight is 246 g/mol. The number of hydrogen-bond donors (Lipinski definition) is 1. The Morgan fingerprint density at radius 3 is 2.47 bits per heavy atom. The molecule has 0 heterocycles. The van der Waals surface area contributed by atoms with Crippen molar-refractivity contribution in [2.75, 3.05) is 0 Å². The van der Waals surface area contributed by atoms with Gasteiger partial charge in [-0.15, -0.1) is 0 Å². The quantitative estimate of drug-likeness (QED) is 0.467. The summed E-state index contributed by atoms with van der Waals surface area (Å²) in [5.41, 5.74) is -2.47. The van der Waals surface area contributed by atoms with Crippen LogP contribution in [0, 0.1) is 0 Å². The van der Waals surface area contributed by atoms with Crippen molar-refractivity contribution >= 4 is 11.9 Å².